The van der Waals surface area contributed by atoms with Gasteiger partial charge in [0, 0.05) is 38.3 Å². The molecule has 5 rings (SSSR count). The van der Waals surface area contributed by atoms with Crippen LogP contribution in [-0.2, 0) is 21.2 Å². The second-order valence-electron chi connectivity index (χ2n) is 9.39. The van der Waals surface area contributed by atoms with Crippen LogP contribution in [0.2, 0.25) is 0 Å². The van der Waals surface area contributed by atoms with Gasteiger partial charge in [-0.25, -0.2) is 13.1 Å². The summed E-state index contributed by atoms with van der Waals surface area (Å²) in [5.41, 5.74) is 3.53. The standard InChI is InChI=1S/C25H31N9O3S/c1-18-22(19(2)33(29-18)24-11-10-23-28-27-20(3)34(23)30-24)9-12-25(35)32-15-13-31(14-16-32)17-26-38(36,37)21-7-5-4-6-8-21/h4-8,10-11,26H,9,12-17H2,1-3H3. The van der Waals surface area contributed by atoms with E-state index in [-0.39, 0.29) is 17.5 Å². The van der Waals surface area contributed by atoms with Gasteiger partial charge in [0.15, 0.2) is 17.3 Å². The third kappa shape index (κ3) is 5.30. The molecule has 1 aliphatic heterocycles. The van der Waals surface area contributed by atoms with Crippen LogP contribution in [0.25, 0.3) is 11.5 Å². The third-order valence-electron chi connectivity index (χ3n) is 6.91. The SMILES string of the molecule is Cc1nn(-c2ccc3nnc(C)n3n2)c(C)c1CCC(=O)N1CCN(CNS(=O)(=O)c2ccccc2)CC1. The van der Waals surface area contributed by atoms with Gasteiger partial charge in [0.25, 0.3) is 0 Å². The van der Waals surface area contributed by atoms with Gasteiger partial charge in [-0.05, 0) is 57.0 Å². The number of carbonyl (C=O) groups is 1. The lowest BCUT2D eigenvalue weighted by molar-refractivity contribution is -0.132. The Kier molecular flexibility index (Phi) is 7.23. The molecule has 200 valence electrons. The van der Waals surface area contributed by atoms with Crippen molar-refractivity contribution in [2.45, 2.75) is 38.5 Å². The molecule has 13 heteroatoms. The largest absolute Gasteiger partial charge is 0.340 e. The van der Waals surface area contributed by atoms with Gasteiger partial charge in [-0.3, -0.25) is 9.69 Å². The average Bonchev–Trinajstić information content (AvgIpc) is 3.44. The fraction of sp³-hybridized carbons (Fsp3) is 0.400. The fourth-order valence-electron chi connectivity index (χ4n) is 4.66. The van der Waals surface area contributed by atoms with Crippen LogP contribution in [0.4, 0.5) is 0 Å². The number of nitrogens with zero attached hydrogens (tertiary/aromatic N) is 8. The molecular weight excluding hydrogens is 506 g/mol. The van der Waals surface area contributed by atoms with Crippen molar-refractivity contribution < 1.29 is 13.2 Å². The van der Waals surface area contributed by atoms with Crippen LogP contribution in [0.15, 0.2) is 47.4 Å². The first-order chi connectivity index (χ1) is 18.2. The number of aryl methyl sites for hydroxylation is 2. The van der Waals surface area contributed by atoms with E-state index in [9.17, 15) is 13.2 Å². The third-order valence-corrected chi connectivity index (χ3v) is 8.31. The Morgan fingerprint density at radius 1 is 0.947 bits per heavy atom. The summed E-state index contributed by atoms with van der Waals surface area (Å²) in [5, 5.41) is 17.4. The minimum absolute atomic E-state index is 0.0840. The number of benzene rings is 1. The van der Waals surface area contributed by atoms with E-state index in [0.29, 0.717) is 56.3 Å². The number of aromatic nitrogens is 6. The molecule has 0 spiro atoms. The zero-order valence-corrected chi connectivity index (χ0v) is 22.5. The van der Waals surface area contributed by atoms with Crippen molar-refractivity contribution in [1.82, 2.24) is 44.1 Å². The summed E-state index contributed by atoms with van der Waals surface area (Å²) in [6.07, 6.45) is 0.965. The summed E-state index contributed by atoms with van der Waals surface area (Å²) in [6, 6.07) is 12.0. The van der Waals surface area contributed by atoms with Crippen molar-refractivity contribution in [3.63, 3.8) is 0 Å². The van der Waals surface area contributed by atoms with Crippen LogP contribution < -0.4 is 4.72 Å². The lowest BCUT2D eigenvalue weighted by atomic mass is 10.1. The van der Waals surface area contributed by atoms with Crippen molar-refractivity contribution >= 4 is 21.6 Å². The topological polar surface area (TPSA) is 131 Å². The van der Waals surface area contributed by atoms with E-state index < -0.39 is 10.0 Å². The van der Waals surface area contributed by atoms with Gasteiger partial charge in [-0.1, -0.05) is 18.2 Å². The molecule has 1 aliphatic rings. The summed E-state index contributed by atoms with van der Waals surface area (Å²) in [4.78, 5) is 17.1. The van der Waals surface area contributed by atoms with E-state index >= 15 is 0 Å². The first-order valence-electron chi connectivity index (χ1n) is 12.5. The number of rotatable bonds is 8. The zero-order chi connectivity index (χ0) is 26.9. The van der Waals surface area contributed by atoms with E-state index in [1.165, 1.54) is 0 Å². The number of amides is 1. The van der Waals surface area contributed by atoms with E-state index in [1.807, 2.05) is 42.7 Å². The van der Waals surface area contributed by atoms with Gasteiger partial charge in [-0.15, -0.1) is 15.3 Å². The number of hydrogen-bond acceptors (Lipinski definition) is 8. The maximum absolute atomic E-state index is 13.0. The highest BCUT2D eigenvalue weighted by Gasteiger charge is 2.23. The molecule has 1 aromatic carbocycles. The molecule has 0 bridgehead atoms. The predicted octanol–water partition coefficient (Wildman–Crippen LogP) is 1.25. The molecule has 0 atom stereocenters. The Morgan fingerprint density at radius 2 is 1.68 bits per heavy atom. The normalized spacial score (nSPS) is 14.9. The average molecular weight is 538 g/mol. The van der Waals surface area contributed by atoms with Crippen LogP contribution in [0.5, 0.6) is 0 Å². The summed E-state index contributed by atoms with van der Waals surface area (Å²) in [6.45, 7) is 8.33. The number of nitrogens with one attached hydrogen (secondary N) is 1. The molecule has 0 unspecified atom stereocenters. The Morgan fingerprint density at radius 3 is 2.42 bits per heavy atom. The molecule has 1 N–H and O–H groups in total. The molecule has 0 radical (unpaired) electrons. The van der Waals surface area contributed by atoms with Gasteiger partial charge >= 0.3 is 0 Å². The molecule has 0 aliphatic carbocycles. The van der Waals surface area contributed by atoms with Crippen LogP contribution in [-0.4, -0.2) is 86.6 Å². The molecule has 4 heterocycles. The van der Waals surface area contributed by atoms with E-state index in [2.05, 4.69) is 25.1 Å². The molecule has 4 aromatic rings. The van der Waals surface area contributed by atoms with Gasteiger partial charge < -0.3 is 4.90 Å². The van der Waals surface area contributed by atoms with Crippen LogP contribution in [0, 0.1) is 20.8 Å². The van der Waals surface area contributed by atoms with Crippen molar-refractivity contribution in [3.05, 3.63) is 65.2 Å². The highest BCUT2D eigenvalue weighted by molar-refractivity contribution is 7.89. The summed E-state index contributed by atoms with van der Waals surface area (Å²) >= 11 is 0. The van der Waals surface area contributed by atoms with Crippen LogP contribution in [0.3, 0.4) is 0 Å². The summed E-state index contributed by atoms with van der Waals surface area (Å²) in [7, 11) is -3.56. The minimum Gasteiger partial charge on any atom is -0.340 e. The summed E-state index contributed by atoms with van der Waals surface area (Å²) < 4.78 is 31.0. The van der Waals surface area contributed by atoms with Crippen LogP contribution >= 0.6 is 0 Å². The van der Waals surface area contributed by atoms with Crippen molar-refractivity contribution in [2.24, 2.45) is 0 Å². The lowest BCUT2D eigenvalue weighted by Crippen LogP contribution is -2.51. The second-order valence-corrected chi connectivity index (χ2v) is 11.2. The monoisotopic (exact) mass is 537 g/mol. The second kappa shape index (κ2) is 10.6. The smallest absolute Gasteiger partial charge is 0.241 e. The number of hydrogen-bond donors (Lipinski definition) is 1. The minimum atomic E-state index is -3.56. The quantitative estimate of drug-likeness (QED) is 0.355. The van der Waals surface area contributed by atoms with Crippen LogP contribution in [0.1, 0.15) is 29.2 Å². The number of piperazine rings is 1. The van der Waals surface area contributed by atoms with E-state index in [1.54, 1.807) is 39.5 Å². The Balaban J connectivity index is 1.15. The Hall–Kier alpha value is -3.68. The number of fused-ring (bicyclic) bond motifs is 1. The fourth-order valence-corrected chi connectivity index (χ4v) is 5.70. The van der Waals surface area contributed by atoms with Crippen molar-refractivity contribution in [2.75, 3.05) is 32.8 Å². The maximum atomic E-state index is 13.0. The van der Waals surface area contributed by atoms with Gasteiger partial charge in [0.1, 0.15) is 0 Å². The highest BCUT2D eigenvalue weighted by atomic mass is 32.2. The molecule has 1 amide bonds. The molecule has 3 aromatic heterocycles. The summed E-state index contributed by atoms with van der Waals surface area (Å²) in [5.74, 6) is 1.45. The van der Waals surface area contributed by atoms with Crippen molar-refractivity contribution in [3.8, 4) is 5.82 Å². The van der Waals surface area contributed by atoms with Crippen molar-refractivity contribution in [1.29, 1.82) is 0 Å². The molecule has 38 heavy (non-hydrogen) atoms. The molecular formula is C25H31N9O3S. The number of carbonyl (C=O) groups excluding carboxylic acids is 1. The zero-order valence-electron chi connectivity index (χ0n) is 21.7. The first kappa shape index (κ1) is 25.9. The predicted molar refractivity (Wildman–Crippen MR) is 140 cm³/mol. The van der Waals surface area contributed by atoms with E-state index in [0.717, 1.165) is 17.0 Å². The molecule has 1 fully saturated rings. The van der Waals surface area contributed by atoms with Gasteiger partial charge in [-0.2, -0.15) is 14.3 Å². The maximum Gasteiger partial charge on any atom is 0.241 e. The first-order valence-corrected chi connectivity index (χ1v) is 14.0. The molecule has 0 saturated carbocycles. The van der Waals surface area contributed by atoms with Gasteiger partial charge in [0.05, 0.1) is 17.3 Å². The molecule has 1 saturated heterocycles. The Bertz CT molecular complexity index is 1560. The Labute approximate surface area is 221 Å². The van der Waals surface area contributed by atoms with E-state index in [4.69, 9.17) is 0 Å². The number of sulfonamides is 1. The lowest BCUT2D eigenvalue weighted by Gasteiger charge is -2.34. The molecule has 12 nitrogen and oxygen atoms in total. The van der Waals surface area contributed by atoms with Gasteiger partial charge in [0.2, 0.25) is 15.9 Å². The highest BCUT2D eigenvalue weighted by Crippen LogP contribution is 2.19.